The molecule has 0 aromatic heterocycles. The van der Waals surface area contributed by atoms with Crippen molar-refractivity contribution in [3.8, 4) is 0 Å². The summed E-state index contributed by atoms with van der Waals surface area (Å²) >= 11 is 0. The van der Waals surface area contributed by atoms with Crippen LogP contribution in [-0.2, 0) is 14.6 Å². The van der Waals surface area contributed by atoms with Crippen molar-refractivity contribution in [2.24, 2.45) is 0 Å². The summed E-state index contributed by atoms with van der Waals surface area (Å²) in [4.78, 5) is 12.1. The quantitative estimate of drug-likeness (QED) is 0.825. The van der Waals surface area contributed by atoms with Crippen molar-refractivity contribution >= 4 is 15.6 Å². The number of sulfone groups is 1. The van der Waals surface area contributed by atoms with E-state index in [0.717, 1.165) is 19.3 Å². The summed E-state index contributed by atoms with van der Waals surface area (Å²) in [6.07, 6.45) is 5.29. The van der Waals surface area contributed by atoms with Crippen molar-refractivity contribution in [2.75, 3.05) is 0 Å². The van der Waals surface area contributed by atoms with Crippen molar-refractivity contribution in [1.29, 1.82) is 0 Å². The molecule has 0 atom stereocenters. The van der Waals surface area contributed by atoms with Gasteiger partial charge in [-0.3, -0.25) is 4.79 Å². The van der Waals surface area contributed by atoms with E-state index in [9.17, 15) is 13.2 Å². The SMILES string of the molecule is O=C1CCCCC/C=C\1S(=O)(=O)c1ccccc1. The third-order valence-electron chi connectivity index (χ3n) is 3.06. The van der Waals surface area contributed by atoms with Crippen LogP contribution >= 0.6 is 0 Å². The van der Waals surface area contributed by atoms with E-state index in [0.29, 0.717) is 12.8 Å². The summed E-state index contributed by atoms with van der Waals surface area (Å²) in [6.45, 7) is 0. The number of benzene rings is 1. The van der Waals surface area contributed by atoms with E-state index >= 15 is 0 Å². The van der Waals surface area contributed by atoms with Crippen LogP contribution in [0.3, 0.4) is 0 Å². The molecule has 0 amide bonds. The second kappa shape index (κ2) is 5.48. The fraction of sp³-hybridized carbons (Fsp3) is 0.357. The van der Waals surface area contributed by atoms with Gasteiger partial charge in [0, 0.05) is 6.42 Å². The highest BCUT2D eigenvalue weighted by atomic mass is 32.2. The largest absolute Gasteiger partial charge is 0.293 e. The molecule has 0 saturated heterocycles. The molecule has 1 aromatic rings. The van der Waals surface area contributed by atoms with Crippen LogP contribution in [0, 0.1) is 0 Å². The third-order valence-corrected chi connectivity index (χ3v) is 4.92. The predicted molar refractivity (Wildman–Crippen MR) is 69.8 cm³/mol. The molecule has 0 radical (unpaired) electrons. The fourth-order valence-corrected chi connectivity index (χ4v) is 3.57. The molecule has 0 saturated carbocycles. The van der Waals surface area contributed by atoms with E-state index in [1.165, 1.54) is 12.1 Å². The number of hydrogen-bond acceptors (Lipinski definition) is 3. The normalized spacial score (nSPS) is 20.7. The molecule has 0 spiro atoms. The minimum Gasteiger partial charge on any atom is -0.293 e. The van der Waals surface area contributed by atoms with Gasteiger partial charge in [0.2, 0.25) is 9.84 Å². The number of ketones is 1. The average Bonchev–Trinajstić information content (AvgIpc) is 2.35. The molecule has 1 aliphatic carbocycles. The van der Waals surface area contributed by atoms with Crippen LogP contribution in [-0.4, -0.2) is 14.2 Å². The van der Waals surface area contributed by atoms with Gasteiger partial charge in [-0.05, 0) is 31.4 Å². The smallest absolute Gasteiger partial charge is 0.209 e. The Kier molecular flexibility index (Phi) is 3.97. The second-order valence-electron chi connectivity index (χ2n) is 4.41. The highest BCUT2D eigenvalue weighted by molar-refractivity contribution is 7.96. The van der Waals surface area contributed by atoms with Gasteiger partial charge in [-0.15, -0.1) is 0 Å². The van der Waals surface area contributed by atoms with E-state index < -0.39 is 9.84 Å². The van der Waals surface area contributed by atoms with E-state index in [2.05, 4.69) is 0 Å². The average molecular weight is 264 g/mol. The van der Waals surface area contributed by atoms with Crippen LogP contribution in [0.2, 0.25) is 0 Å². The van der Waals surface area contributed by atoms with Gasteiger partial charge in [0.05, 0.1) is 4.90 Å². The number of hydrogen-bond donors (Lipinski definition) is 0. The third kappa shape index (κ3) is 2.70. The maximum Gasteiger partial charge on any atom is 0.209 e. The molecule has 0 heterocycles. The molecule has 0 fully saturated rings. The minimum atomic E-state index is -3.64. The lowest BCUT2D eigenvalue weighted by molar-refractivity contribution is -0.115. The highest BCUT2D eigenvalue weighted by Crippen LogP contribution is 2.24. The first-order chi connectivity index (χ1) is 8.62. The lowest BCUT2D eigenvalue weighted by Gasteiger charge is -2.11. The number of rotatable bonds is 2. The first-order valence-electron chi connectivity index (χ1n) is 6.16. The van der Waals surface area contributed by atoms with Crippen molar-refractivity contribution in [3.63, 3.8) is 0 Å². The molecule has 0 bridgehead atoms. The Morgan fingerprint density at radius 1 is 0.944 bits per heavy atom. The van der Waals surface area contributed by atoms with Gasteiger partial charge in [-0.25, -0.2) is 8.42 Å². The van der Waals surface area contributed by atoms with Crippen molar-refractivity contribution < 1.29 is 13.2 Å². The highest BCUT2D eigenvalue weighted by Gasteiger charge is 2.26. The summed E-state index contributed by atoms with van der Waals surface area (Å²) in [5.41, 5.74) is 0. The summed E-state index contributed by atoms with van der Waals surface area (Å²) in [5.74, 6) is -0.251. The summed E-state index contributed by atoms with van der Waals surface area (Å²) < 4.78 is 24.7. The molecule has 0 aliphatic heterocycles. The number of carbonyl (C=O) groups excluding carboxylic acids is 1. The Bertz CT molecular complexity index is 556. The number of carbonyl (C=O) groups is 1. The maximum atomic E-state index is 12.4. The first kappa shape index (κ1) is 13.0. The van der Waals surface area contributed by atoms with Crippen LogP contribution in [0.25, 0.3) is 0 Å². The van der Waals surface area contributed by atoms with Crippen molar-refractivity contribution in [2.45, 2.75) is 37.0 Å². The lowest BCUT2D eigenvalue weighted by atomic mass is 10.1. The number of Topliss-reactive ketones (excluding diaryl/α,β-unsaturated/α-hetero) is 1. The second-order valence-corrected chi connectivity index (χ2v) is 6.33. The van der Waals surface area contributed by atoms with Gasteiger partial charge in [0.15, 0.2) is 5.78 Å². The minimum absolute atomic E-state index is 0.0200. The molecule has 0 unspecified atom stereocenters. The van der Waals surface area contributed by atoms with Crippen LogP contribution < -0.4 is 0 Å². The topological polar surface area (TPSA) is 51.2 Å². The van der Waals surface area contributed by atoms with E-state index in [-0.39, 0.29) is 15.6 Å². The summed E-state index contributed by atoms with van der Waals surface area (Å²) in [7, 11) is -3.64. The molecule has 3 nitrogen and oxygen atoms in total. The molecule has 1 aliphatic rings. The first-order valence-corrected chi connectivity index (χ1v) is 7.64. The summed E-state index contributed by atoms with van der Waals surface area (Å²) in [6, 6.07) is 8.15. The molecule has 0 N–H and O–H groups in total. The molecule has 96 valence electrons. The van der Waals surface area contributed by atoms with Crippen LogP contribution in [0.1, 0.15) is 32.1 Å². The molecule has 2 rings (SSSR count). The van der Waals surface area contributed by atoms with Gasteiger partial charge in [-0.2, -0.15) is 0 Å². The molecular formula is C14H16O3S. The Morgan fingerprint density at radius 2 is 1.67 bits per heavy atom. The monoisotopic (exact) mass is 264 g/mol. The standard InChI is InChI=1S/C14H16O3S/c15-13-10-6-1-2-7-11-14(13)18(16,17)12-8-4-3-5-9-12/h3-5,8-9,11H,1-2,6-7,10H2/b14-11+. The maximum absolute atomic E-state index is 12.4. The van der Waals surface area contributed by atoms with Gasteiger partial charge >= 0.3 is 0 Å². The Labute approximate surface area is 107 Å². The summed E-state index contributed by atoms with van der Waals surface area (Å²) in [5, 5.41) is 0. The Balaban J connectivity index is 2.42. The Hall–Kier alpha value is -1.42. The number of allylic oxidation sites excluding steroid dienone is 2. The van der Waals surface area contributed by atoms with E-state index in [1.54, 1.807) is 24.3 Å². The van der Waals surface area contributed by atoms with Gasteiger partial charge in [-0.1, -0.05) is 30.7 Å². The Morgan fingerprint density at radius 3 is 2.39 bits per heavy atom. The zero-order valence-corrected chi connectivity index (χ0v) is 10.9. The van der Waals surface area contributed by atoms with Gasteiger partial charge in [0.25, 0.3) is 0 Å². The van der Waals surface area contributed by atoms with E-state index in [4.69, 9.17) is 0 Å². The van der Waals surface area contributed by atoms with Gasteiger partial charge < -0.3 is 0 Å². The van der Waals surface area contributed by atoms with E-state index in [1.807, 2.05) is 0 Å². The molecular weight excluding hydrogens is 248 g/mol. The van der Waals surface area contributed by atoms with Crippen molar-refractivity contribution in [1.82, 2.24) is 0 Å². The molecule has 4 heteroatoms. The van der Waals surface area contributed by atoms with Gasteiger partial charge in [0.1, 0.15) is 4.91 Å². The van der Waals surface area contributed by atoms with Crippen LogP contribution in [0.5, 0.6) is 0 Å². The van der Waals surface area contributed by atoms with Crippen LogP contribution in [0.4, 0.5) is 0 Å². The molecule has 1 aromatic carbocycles. The van der Waals surface area contributed by atoms with Crippen molar-refractivity contribution in [3.05, 3.63) is 41.3 Å². The van der Waals surface area contributed by atoms with Crippen LogP contribution in [0.15, 0.2) is 46.2 Å². The molecule has 18 heavy (non-hydrogen) atoms. The predicted octanol–water partition coefficient (Wildman–Crippen LogP) is 2.88. The zero-order chi connectivity index (χ0) is 13.0. The lowest BCUT2D eigenvalue weighted by Crippen LogP contribution is -2.15. The fourth-order valence-electron chi connectivity index (χ4n) is 2.06. The zero-order valence-electron chi connectivity index (χ0n) is 10.1.